The highest BCUT2D eigenvalue weighted by Gasteiger charge is 2.12. The van der Waals surface area contributed by atoms with Crippen LogP contribution in [-0.2, 0) is 19.2 Å². The van der Waals surface area contributed by atoms with Crippen molar-refractivity contribution in [3.8, 4) is 5.75 Å². The number of thiophene rings is 1. The monoisotopic (exact) mass is 481 g/mol. The van der Waals surface area contributed by atoms with Crippen LogP contribution < -0.4 is 4.74 Å². The number of carboxylic acid groups (broad SMARTS) is 4. The first-order valence-electron chi connectivity index (χ1n) is 9.56. The molecule has 1 aromatic carbocycles. The van der Waals surface area contributed by atoms with Crippen molar-refractivity contribution in [2.75, 3.05) is 26.2 Å². The number of carbonyl (C=O) groups is 5. The maximum absolute atomic E-state index is 12.2. The highest BCUT2D eigenvalue weighted by Crippen LogP contribution is 2.17. The minimum absolute atomic E-state index is 0.0693. The molecule has 1 fully saturated rings. The first-order valence-corrected chi connectivity index (χ1v) is 10.5. The van der Waals surface area contributed by atoms with Crippen LogP contribution in [0.3, 0.4) is 0 Å². The molecule has 3 rings (SSSR count). The van der Waals surface area contributed by atoms with Gasteiger partial charge < -0.3 is 25.2 Å². The molecule has 0 bridgehead atoms. The zero-order chi connectivity index (χ0) is 24.8. The minimum Gasteiger partial charge on any atom is -0.492 e. The molecule has 11 nitrogen and oxygen atoms in total. The summed E-state index contributed by atoms with van der Waals surface area (Å²) in [6.45, 7) is 4.07. The van der Waals surface area contributed by atoms with Crippen LogP contribution in [0.1, 0.15) is 28.8 Å². The first kappa shape index (κ1) is 27.3. The lowest BCUT2D eigenvalue weighted by Gasteiger charge is -2.14. The Hall–Kier alpha value is -3.77. The lowest BCUT2D eigenvalue weighted by atomic mass is 10.1. The van der Waals surface area contributed by atoms with Gasteiger partial charge in [-0.3, -0.25) is 9.69 Å². The molecule has 1 aromatic heterocycles. The maximum Gasteiger partial charge on any atom is 0.414 e. The molecule has 0 aliphatic carbocycles. The van der Waals surface area contributed by atoms with Crippen molar-refractivity contribution in [2.45, 2.75) is 12.8 Å². The molecule has 0 spiro atoms. The second kappa shape index (κ2) is 14.3. The van der Waals surface area contributed by atoms with Gasteiger partial charge in [0.1, 0.15) is 12.4 Å². The van der Waals surface area contributed by atoms with Crippen molar-refractivity contribution in [1.29, 1.82) is 0 Å². The van der Waals surface area contributed by atoms with Crippen molar-refractivity contribution in [2.24, 2.45) is 0 Å². The first-order chi connectivity index (χ1) is 15.6. The zero-order valence-corrected chi connectivity index (χ0v) is 18.2. The lowest BCUT2D eigenvalue weighted by Crippen LogP contribution is -2.25. The van der Waals surface area contributed by atoms with E-state index < -0.39 is 23.9 Å². The molecule has 0 saturated carbocycles. The predicted molar refractivity (Wildman–Crippen MR) is 116 cm³/mol. The zero-order valence-electron chi connectivity index (χ0n) is 17.4. The number of nitrogens with zero attached hydrogens (tertiary/aromatic N) is 1. The number of carbonyl (C=O) groups excluding carboxylic acids is 1. The second-order valence-corrected chi connectivity index (χ2v) is 7.26. The molecule has 12 heteroatoms. The quantitative estimate of drug-likeness (QED) is 0.349. The minimum atomic E-state index is -1.82. The molecule has 178 valence electrons. The molecule has 0 amide bonds. The van der Waals surface area contributed by atoms with Crippen molar-refractivity contribution in [3.63, 3.8) is 0 Å². The van der Waals surface area contributed by atoms with Gasteiger partial charge in [-0.2, -0.15) is 11.3 Å². The van der Waals surface area contributed by atoms with E-state index in [2.05, 4.69) is 4.90 Å². The van der Waals surface area contributed by atoms with Gasteiger partial charge in [-0.25, -0.2) is 19.2 Å². The largest absolute Gasteiger partial charge is 0.492 e. The Labute approximate surface area is 192 Å². The number of benzene rings is 1. The van der Waals surface area contributed by atoms with Crippen LogP contribution in [0.5, 0.6) is 5.75 Å². The van der Waals surface area contributed by atoms with E-state index in [-0.39, 0.29) is 5.78 Å². The van der Waals surface area contributed by atoms with Gasteiger partial charge in [0.25, 0.3) is 0 Å². The summed E-state index contributed by atoms with van der Waals surface area (Å²) in [4.78, 5) is 51.0. The summed E-state index contributed by atoms with van der Waals surface area (Å²) in [5.41, 5.74) is 1.46. The fraction of sp³-hybridized carbons (Fsp3) is 0.286. The van der Waals surface area contributed by atoms with Crippen molar-refractivity contribution in [1.82, 2.24) is 4.90 Å². The highest BCUT2D eigenvalue weighted by atomic mass is 32.1. The van der Waals surface area contributed by atoms with Gasteiger partial charge in [-0.05, 0) is 61.6 Å². The Kier molecular flexibility index (Phi) is 11.8. The Bertz CT molecular complexity index is 886. The SMILES string of the molecule is O=C(O)C(=O)O.O=C(O)C(=O)O.O=C(c1ccc(OCCN2CCCC2)cc1)c1ccsc1. The molecular formula is C21H23NO10S. The lowest BCUT2D eigenvalue weighted by molar-refractivity contribution is -0.159. The van der Waals surface area contributed by atoms with E-state index >= 15 is 0 Å². The molecule has 1 saturated heterocycles. The van der Waals surface area contributed by atoms with Gasteiger partial charge in [0.05, 0.1) is 0 Å². The van der Waals surface area contributed by atoms with E-state index in [0.717, 1.165) is 17.9 Å². The molecular weight excluding hydrogens is 458 g/mol. The number of ketones is 1. The van der Waals surface area contributed by atoms with Gasteiger partial charge in [-0.15, -0.1) is 0 Å². The van der Waals surface area contributed by atoms with E-state index in [9.17, 15) is 4.79 Å². The topological polar surface area (TPSA) is 179 Å². The summed E-state index contributed by atoms with van der Waals surface area (Å²) in [5, 5.41) is 33.4. The third kappa shape index (κ3) is 10.9. The van der Waals surface area contributed by atoms with Gasteiger partial charge >= 0.3 is 23.9 Å². The Balaban J connectivity index is 0.000000377. The van der Waals surface area contributed by atoms with Crippen molar-refractivity contribution in [3.05, 3.63) is 52.2 Å². The second-order valence-electron chi connectivity index (χ2n) is 6.48. The van der Waals surface area contributed by atoms with Crippen LogP contribution in [0.2, 0.25) is 0 Å². The molecule has 0 atom stereocenters. The van der Waals surface area contributed by atoms with E-state index in [1.807, 2.05) is 41.1 Å². The molecule has 1 aliphatic heterocycles. The van der Waals surface area contributed by atoms with Crippen LogP contribution >= 0.6 is 11.3 Å². The van der Waals surface area contributed by atoms with E-state index in [1.165, 1.54) is 37.3 Å². The summed E-state index contributed by atoms with van der Waals surface area (Å²) in [5.74, 6) is -6.40. The normalized spacial score (nSPS) is 12.4. The number of rotatable bonds is 6. The Morgan fingerprint density at radius 3 is 1.73 bits per heavy atom. The summed E-state index contributed by atoms with van der Waals surface area (Å²) in [6, 6.07) is 9.29. The van der Waals surface area contributed by atoms with E-state index in [1.54, 1.807) is 0 Å². The summed E-state index contributed by atoms with van der Waals surface area (Å²) in [6.07, 6.45) is 2.61. The van der Waals surface area contributed by atoms with Crippen LogP contribution in [-0.4, -0.2) is 81.2 Å². The Morgan fingerprint density at radius 1 is 0.788 bits per heavy atom. The van der Waals surface area contributed by atoms with Crippen molar-refractivity contribution >= 4 is 41.0 Å². The van der Waals surface area contributed by atoms with Gasteiger partial charge in [0.2, 0.25) is 0 Å². The average molecular weight is 481 g/mol. The number of likely N-dealkylation sites (tertiary alicyclic amines) is 1. The van der Waals surface area contributed by atoms with Gasteiger partial charge in [0, 0.05) is 23.1 Å². The number of carboxylic acids is 4. The molecule has 0 unspecified atom stereocenters. The van der Waals surface area contributed by atoms with Gasteiger partial charge in [0.15, 0.2) is 5.78 Å². The fourth-order valence-corrected chi connectivity index (χ4v) is 3.20. The summed E-state index contributed by atoms with van der Waals surface area (Å²) < 4.78 is 5.74. The van der Waals surface area contributed by atoms with Crippen LogP contribution in [0.4, 0.5) is 0 Å². The van der Waals surface area contributed by atoms with Crippen molar-refractivity contribution < 1.29 is 49.1 Å². The van der Waals surface area contributed by atoms with Crippen LogP contribution in [0.15, 0.2) is 41.1 Å². The predicted octanol–water partition coefficient (Wildman–Crippen LogP) is 1.76. The van der Waals surface area contributed by atoms with Crippen LogP contribution in [0.25, 0.3) is 0 Å². The maximum atomic E-state index is 12.2. The fourth-order valence-electron chi connectivity index (χ4n) is 2.56. The smallest absolute Gasteiger partial charge is 0.414 e. The molecule has 2 aromatic rings. The number of ether oxygens (including phenoxy) is 1. The van der Waals surface area contributed by atoms with E-state index in [0.29, 0.717) is 12.2 Å². The third-order valence-corrected chi connectivity index (χ3v) is 4.82. The van der Waals surface area contributed by atoms with E-state index in [4.69, 9.17) is 44.3 Å². The molecule has 2 heterocycles. The van der Waals surface area contributed by atoms with Gasteiger partial charge in [-0.1, -0.05) is 0 Å². The highest BCUT2D eigenvalue weighted by molar-refractivity contribution is 7.08. The summed E-state index contributed by atoms with van der Waals surface area (Å²) in [7, 11) is 0. The standard InChI is InChI=1S/C17H19NO2S.2C2H2O4/c19-17(15-7-12-21-13-15)14-3-5-16(6-4-14)20-11-10-18-8-1-2-9-18;2*3-1(4)2(5)6/h3-7,12-13H,1-2,8-11H2;2*(H,3,4)(H,5,6). The average Bonchev–Trinajstić information content (AvgIpc) is 3.49. The number of hydrogen-bond acceptors (Lipinski definition) is 8. The Morgan fingerprint density at radius 2 is 1.30 bits per heavy atom. The van der Waals surface area contributed by atoms with Crippen LogP contribution in [0, 0.1) is 0 Å². The third-order valence-electron chi connectivity index (χ3n) is 4.14. The molecule has 33 heavy (non-hydrogen) atoms. The number of aliphatic carboxylic acids is 4. The summed E-state index contributed by atoms with van der Waals surface area (Å²) >= 11 is 1.54. The number of hydrogen-bond donors (Lipinski definition) is 4. The molecule has 4 N–H and O–H groups in total. The molecule has 1 aliphatic rings. The molecule has 0 radical (unpaired) electrons.